The molecule has 3 aromatic rings. The van der Waals surface area contributed by atoms with Gasteiger partial charge in [-0.05, 0) is 48.9 Å². The molecule has 1 atom stereocenters. The first-order valence-corrected chi connectivity index (χ1v) is 11.8. The average Bonchev–Trinajstić information content (AvgIpc) is 2.68. The van der Waals surface area contributed by atoms with E-state index in [2.05, 4.69) is 31.1 Å². The summed E-state index contributed by atoms with van der Waals surface area (Å²) in [5.41, 5.74) is 1.38. The molecule has 32 heavy (non-hydrogen) atoms. The van der Waals surface area contributed by atoms with E-state index < -0.39 is 39.3 Å². The van der Waals surface area contributed by atoms with Crippen LogP contribution in [0, 0.1) is 11.6 Å². The zero-order valence-electron chi connectivity index (χ0n) is 18.5. The summed E-state index contributed by atoms with van der Waals surface area (Å²) in [5.74, 6) is -2.56. The van der Waals surface area contributed by atoms with Crippen LogP contribution in [0.5, 0.6) is 0 Å². The molecule has 0 aliphatic carbocycles. The van der Waals surface area contributed by atoms with Crippen molar-refractivity contribution in [2.75, 3.05) is 11.0 Å². The molecule has 1 unspecified atom stereocenters. The van der Waals surface area contributed by atoms with E-state index in [0.717, 1.165) is 35.0 Å². The number of rotatable bonds is 5. The molecule has 0 radical (unpaired) electrons. The summed E-state index contributed by atoms with van der Waals surface area (Å²) in [6.07, 6.45) is 0.797. The summed E-state index contributed by atoms with van der Waals surface area (Å²) in [5, 5.41) is 3.50. The van der Waals surface area contributed by atoms with Gasteiger partial charge < -0.3 is 5.32 Å². The van der Waals surface area contributed by atoms with Crippen molar-refractivity contribution < 1.29 is 22.0 Å². The molecule has 1 aromatic heterocycles. The lowest BCUT2D eigenvalue weighted by Crippen LogP contribution is -2.27. The van der Waals surface area contributed by atoms with Crippen LogP contribution >= 0.6 is 0 Å². The fraction of sp³-hybridized carbons (Fsp3) is 0.304. The van der Waals surface area contributed by atoms with E-state index in [1.54, 1.807) is 25.1 Å². The van der Waals surface area contributed by atoms with Gasteiger partial charge >= 0.3 is 0 Å². The highest BCUT2D eigenvalue weighted by Gasteiger charge is 2.20. The van der Waals surface area contributed by atoms with Gasteiger partial charge in [0.25, 0.3) is 5.91 Å². The van der Waals surface area contributed by atoms with Crippen LogP contribution in [0.15, 0.2) is 42.5 Å². The van der Waals surface area contributed by atoms with Gasteiger partial charge in [0, 0.05) is 22.1 Å². The summed E-state index contributed by atoms with van der Waals surface area (Å²) in [6, 6.07) is 10.2. The Balaban J connectivity index is 1.81. The van der Waals surface area contributed by atoms with Crippen LogP contribution in [0.25, 0.3) is 10.9 Å². The van der Waals surface area contributed by atoms with E-state index in [1.165, 1.54) is 0 Å². The number of benzene rings is 2. The quantitative estimate of drug-likeness (QED) is 0.578. The summed E-state index contributed by atoms with van der Waals surface area (Å²) >= 11 is 0. The van der Waals surface area contributed by atoms with Crippen LogP contribution in [0.1, 0.15) is 55.4 Å². The summed E-state index contributed by atoms with van der Waals surface area (Å²) < 4.78 is 52.9. The zero-order valence-corrected chi connectivity index (χ0v) is 19.3. The second-order valence-corrected chi connectivity index (χ2v) is 10.5. The van der Waals surface area contributed by atoms with E-state index in [1.807, 2.05) is 16.9 Å². The molecule has 0 spiro atoms. The van der Waals surface area contributed by atoms with Crippen molar-refractivity contribution in [1.82, 2.24) is 10.3 Å². The number of fused-ring (bicyclic) bond motifs is 1. The number of hydrogen-bond acceptors (Lipinski definition) is 4. The Hall–Kier alpha value is -3.07. The van der Waals surface area contributed by atoms with Gasteiger partial charge in [-0.15, -0.1) is 0 Å². The number of anilines is 1. The number of aromatic nitrogens is 1. The Labute approximate surface area is 186 Å². The van der Waals surface area contributed by atoms with Gasteiger partial charge in [-0.25, -0.2) is 17.2 Å². The fourth-order valence-electron chi connectivity index (χ4n) is 3.17. The maximum Gasteiger partial charge on any atom is 0.251 e. The lowest BCUT2D eigenvalue weighted by Gasteiger charge is -2.18. The van der Waals surface area contributed by atoms with Crippen LogP contribution in [-0.4, -0.2) is 25.6 Å². The molecule has 6 nitrogen and oxygen atoms in total. The summed E-state index contributed by atoms with van der Waals surface area (Å²) in [7, 11) is -3.84. The fourth-order valence-corrected chi connectivity index (χ4v) is 3.74. The second-order valence-electron chi connectivity index (χ2n) is 8.78. The molecular formula is C23H25F2N3O3S. The number of pyridine rings is 1. The number of nitrogens with zero attached hydrogens (tertiary/aromatic N) is 1. The predicted molar refractivity (Wildman–Crippen MR) is 121 cm³/mol. The second kappa shape index (κ2) is 8.46. The third-order valence-electron chi connectivity index (χ3n) is 4.92. The Morgan fingerprint density at radius 2 is 1.66 bits per heavy atom. The van der Waals surface area contributed by atoms with Crippen LogP contribution in [-0.2, 0) is 15.4 Å². The minimum atomic E-state index is -3.84. The van der Waals surface area contributed by atoms with Gasteiger partial charge in [0.05, 0.1) is 17.8 Å². The van der Waals surface area contributed by atoms with Crippen LogP contribution in [0.2, 0.25) is 0 Å². The normalized spacial score (nSPS) is 13.1. The van der Waals surface area contributed by atoms with Crippen LogP contribution < -0.4 is 10.0 Å². The minimum absolute atomic E-state index is 0.101. The average molecular weight is 462 g/mol. The summed E-state index contributed by atoms with van der Waals surface area (Å²) in [6.45, 7) is 7.79. The lowest BCUT2D eigenvalue weighted by atomic mass is 9.91. The van der Waals surface area contributed by atoms with Crippen molar-refractivity contribution in [2.45, 2.75) is 39.2 Å². The molecule has 0 bridgehead atoms. The van der Waals surface area contributed by atoms with Gasteiger partial charge in [-0.2, -0.15) is 0 Å². The smallest absolute Gasteiger partial charge is 0.251 e. The number of sulfonamides is 1. The molecule has 2 aromatic carbocycles. The Morgan fingerprint density at radius 3 is 2.22 bits per heavy atom. The molecule has 2 N–H and O–H groups in total. The van der Waals surface area contributed by atoms with Gasteiger partial charge in [0.2, 0.25) is 10.0 Å². The monoisotopic (exact) mass is 461 g/mol. The molecule has 0 aliphatic rings. The van der Waals surface area contributed by atoms with Crippen molar-refractivity contribution in [2.24, 2.45) is 0 Å². The number of nitrogens with one attached hydrogen (secondary N) is 2. The van der Waals surface area contributed by atoms with Gasteiger partial charge in [-0.3, -0.25) is 14.5 Å². The van der Waals surface area contributed by atoms with Crippen LogP contribution in [0.3, 0.4) is 0 Å². The molecule has 9 heteroatoms. The standard InChI is InChI=1S/C23H25F2N3O3S/c1-13(16-11-17(24)21(18(25)12-16)28-32(5,30)31)26-22(29)15-6-8-19-14(10-15)7-9-20(27-19)23(2,3)4/h6-13,28H,1-5H3,(H,26,29). The van der Waals surface area contributed by atoms with E-state index in [9.17, 15) is 22.0 Å². The number of amides is 1. The third kappa shape index (κ3) is 5.40. The molecular weight excluding hydrogens is 436 g/mol. The van der Waals surface area contributed by atoms with Crippen molar-refractivity contribution in [3.8, 4) is 0 Å². The molecule has 3 rings (SSSR count). The largest absolute Gasteiger partial charge is 0.346 e. The molecule has 0 saturated carbocycles. The van der Waals surface area contributed by atoms with E-state index >= 15 is 0 Å². The topological polar surface area (TPSA) is 88.2 Å². The highest BCUT2D eigenvalue weighted by atomic mass is 32.2. The highest BCUT2D eigenvalue weighted by molar-refractivity contribution is 7.92. The predicted octanol–water partition coefficient (Wildman–Crippen LogP) is 4.67. The Bertz CT molecular complexity index is 1280. The molecule has 0 aliphatic heterocycles. The number of halogens is 2. The highest BCUT2D eigenvalue weighted by Crippen LogP contribution is 2.26. The van der Waals surface area contributed by atoms with Crippen molar-refractivity contribution in [1.29, 1.82) is 0 Å². The van der Waals surface area contributed by atoms with Gasteiger partial charge in [0.1, 0.15) is 5.69 Å². The van der Waals surface area contributed by atoms with E-state index in [-0.39, 0.29) is 11.0 Å². The lowest BCUT2D eigenvalue weighted by molar-refractivity contribution is 0.0940. The molecule has 1 amide bonds. The number of hydrogen-bond donors (Lipinski definition) is 2. The van der Waals surface area contributed by atoms with E-state index in [4.69, 9.17) is 0 Å². The first-order chi connectivity index (χ1) is 14.7. The van der Waals surface area contributed by atoms with Crippen molar-refractivity contribution >= 4 is 32.5 Å². The first kappa shape index (κ1) is 23.6. The number of carbonyl (C=O) groups excluding carboxylic acids is 1. The Morgan fingerprint density at radius 1 is 1.03 bits per heavy atom. The van der Waals surface area contributed by atoms with Gasteiger partial charge in [-0.1, -0.05) is 26.8 Å². The van der Waals surface area contributed by atoms with Crippen molar-refractivity contribution in [3.63, 3.8) is 0 Å². The number of carbonyl (C=O) groups is 1. The minimum Gasteiger partial charge on any atom is -0.346 e. The molecule has 170 valence electrons. The van der Waals surface area contributed by atoms with Gasteiger partial charge in [0.15, 0.2) is 11.6 Å². The first-order valence-electron chi connectivity index (χ1n) is 9.93. The molecule has 0 saturated heterocycles. The van der Waals surface area contributed by atoms with Crippen molar-refractivity contribution in [3.05, 3.63) is 70.9 Å². The SMILES string of the molecule is CC(NC(=O)c1ccc2nc(C(C)(C)C)ccc2c1)c1cc(F)c(NS(C)(=O)=O)c(F)c1. The van der Waals surface area contributed by atoms with Crippen LogP contribution in [0.4, 0.5) is 14.5 Å². The van der Waals surface area contributed by atoms with E-state index in [0.29, 0.717) is 5.56 Å². The Kier molecular flexibility index (Phi) is 6.24. The maximum absolute atomic E-state index is 14.3. The molecule has 1 heterocycles. The summed E-state index contributed by atoms with van der Waals surface area (Å²) in [4.78, 5) is 17.4. The third-order valence-corrected chi connectivity index (χ3v) is 5.49. The maximum atomic E-state index is 14.3. The molecule has 0 fully saturated rings. The zero-order chi connectivity index (χ0) is 23.8.